The first-order chi connectivity index (χ1) is 11.9. The number of fused-ring (bicyclic) bond motifs is 1. The molecular weight excluding hydrogens is 342 g/mol. The number of rotatable bonds is 5. The van der Waals surface area contributed by atoms with Crippen molar-refractivity contribution in [3.63, 3.8) is 0 Å². The van der Waals surface area contributed by atoms with Gasteiger partial charge >= 0.3 is 0 Å². The van der Waals surface area contributed by atoms with Crippen LogP contribution in [0.5, 0.6) is 0 Å². The summed E-state index contributed by atoms with van der Waals surface area (Å²) in [5.41, 5.74) is 6.90. The van der Waals surface area contributed by atoms with Crippen LogP contribution in [0.3, 0.4) is 0 Å². The quantitative estimate of drug-likeness (QED) is 0.608. The third-order valence-electron chi connectivity index (χ3n) is 3.57. The van der Waals surface area contributed by atoms with Crippen molar-refractivity contribution in [1.29, 1.82) is 5.26 Å². The molecule has 25 heavy (non-hydrogen) atoms. The summed E-state index contributed by atoms with van der Waals surface area (Å²) in [7, 11) is -3.36. The van der Waals surface area contributed by atoms with Crippen molar-refractivity contribution in [2.75, 3.05) is 23.9 Å². The molecule has 0 unspecified atom stereocenters. The minimum Gasteiger partial charge on any atom is -0.382 e. The molecule has 3 aromatic rings. The van der Waals surface area contributed by atoms with Gasteiger partial charge in [-0.3, -0.25) is 0 Å². The first kappa shape index (κ1) is 16.7. The molecule has 2 heterocycles. The van der Waals surface area contributed by atoms with E-state index in [4.69, 9.17) is 11.0 Å². The molecule has 0 aliphatic rings. The summed E-state index contributed by atoms with van der Waals surface area (Å²) in [6.45, 7) is 0.430. The van der Waals surface area contributed by atoms with E-state index in [1.807, 2.05) is 6.07 Å². The van der Waals surface area contributed by atoms with E-state index >= 15 is 0 Å². The summed E-state index contributed by atoms with van der Waals surface area (Å²) in [5.74, 6) is 1.09. The highest BCUT2D eigenvalue weighted by Gasteiger charge is 2.15. The lowest BCUT2D eigenvalue weighted by atomic mass is 10.3. The summed E-state index contributed by atoms with van der Waals surface area (Å²) in [6.07, 6.45) is 2.91. The maximum atomic E-state index is 11.8. The van der Waals surface area contributed by atoms with Gasteiger partial charge in [0.2, 0.25) is 0 Å². The highest BCUT2D eigenvalue weighted by Crippen LogP contribution is 2.21. The Bertz CT molecular complexity index is 1080. The molecule has 0 amide bonds. The predicted octanol–water partition coefficient (Wildman–Crippen LogP) is 0.865. The lowest BCUT2D eigenvalue weighted by Gasteiger charge is -2.06. The number of para-hydroxylation sites is 1. The van der Waals surface area contributed by atoms with Crippen LogP contribution in [0.2, 0.25) is 0 Å². The third-order valence-corrected chi connectivity index (χ3v) is 4.70. The molecule has 0 saturated carbocycles. The predicted molar refractivity (Wildman–Crippen MR) is 92.6 cm³/mol. The summed E-state index contributed by atoms with van der Waals surface area (Å²) >= 11 is 0. The molecule has 0 spiro atoms. The standard InChI is InChI=1S/C15H15N7O2S/c1-25(23,24)11-4-2-3-10-13(11)22-12(21-10)5-6-18-15-9(7-16)14(17)19-8-20-15/h2-4,8H,5-6H2,1H3,(H,21,22)(H3,17,18,19,20). The summed E-state index contributed by atoms with van der Waals surface area (Å²) < 4.78 is 23.7. The van der Waals surface area contributed by atoms with Gasteiger partial charge in [0.1, 0.15) is 40.9 Å². The van der Waals surface area contributed by atoms with Gasteiger partial charge < -0.3 is 16.0 Å². The van der Waals surface area contributed by atoms with Crippen molar-refractivity contribution in [2.45, 2.75) is 11.3 Å². The molecule has 4 N–H and O–H groups in total. The number of nitriles is 1. The van der Waals surface area contributed by atoms with Crippen LogP contribution in [-0.4, -0.2) is 41.2 Å². The zero-order valence-corrected chi connectivity index (χ0v) is 14.1. The number of benzene rings is 1. The SMILES string of the molecule is CS(=O)(=O)c1cccc2[nH]c(CCNc3ncnc(N)c3C#N)nc12. The second kappa shape index (κ2) is 6.37. The fourth-order valence-corrected chi connectivity index (χ4v) is 3.25. The number of nitrogens with two attached hydrogens (primary N) is 1. The minimum atomic E-state index is -3.36. The zero-order chi connectivity index (χ0) is 18.0. The number of hydrogen-bond acceptors (Lipinski definition) is 8. The van der Waals surface area contributed by atoms with Gasteiger partial charge in [0, 0.05) is 19.2 Å². The van der Waals surface area contributed by atoms with Gasteiger partial charge in [-0.2, -0.15) is 5.26 Å². The lowest BCUT2D eigenvalue weighted by molar-refractivity contribution is 0.602. The highest BCUT2D eigenvalue weighted by molar-refractivity contribution is 7.91. The topological polar surface area (TPSA) is 150 Å². The van der Waals surface area contributed by atoms with Crippen molar-refractivity contribution in [3.8, 4) is 6.07 Å². The second-order valence-corrected chi connectivity index (χ2v) is 7.36. The number of anilines is 2. The molecular formula is C15H15N7O2S. The maximum absolute atomic E-state index is 11.8. The zero-order valence-electron chi connectivity index (χ0n) is 13.3. The Balaban J connectivity index is 1.79. The number of imidazole rings is 1. The van der Waals surface area contributed by atoms with Crippen LogP contribution in [0, 0.1) is 11.3 Å². The molecule has 10 heteroatoms. The number of nitrogen functional groups attached to an aromatic ring is 1. The number of aromatic nitrogens is 4. The molecule has 0 aliphatic carbocycles. The fraction of sp³-hybridized carbons (Fsp3) is 0.200. The molecule has 0 aliphatic heterocycles. The number of nitrogens with one attached hydrogen (secondary N) is 2. The number of hydrogen-bond donors (Lipinski definition) is 3. The van der Waals surface area contributed by atoms with Crippen LogP contribution in [0.4, 0.5) is 11.6 Å². The van der Waals surface area contributed by atoms with Gasteiger partial charge in [0.05, 0.1) is 10.4 Å². The molecule has 0 saturated heterocycles. The van der Waals surface area contributed by atoms with E-state index in [1.165, 1.54) is 12.4 Å². The molecule has 2 aromatic heterocycles. The molecule has 0 atom stereocenters. The molecule has 128 valence electrons. The smallest absolute Gasteiger partial charge is 0.177 e. The molecule has 9 nitrogen and oxygen atoms in total. The molecule has 3 rings (SSSR count). The Morgan fingerprint density at radius 1 is 1.36 bits per heavy atom. The van der Waals surface area contributed by atoms with Crippen molar-refractivity contribution in [3.05, 3.63) is 35.9 Å². The van der Waals surface area contributed by atoms with E-state index in [1.54, 1.807) is 12.1 Å². The summed E-state index contributed by atoms with van der Waals surface area (Å²) in [5, 5.41) is 12.1. The maximum Gasteiger partial charge on any atom is 0.177 e. The fourth-order valence-electron chi connectivity index (χ4n) is 2.42. The average Bonchev–Trinajstić information content (AvgIpc) is 2.96. The Kier molecular flexibility index (Phi) is 4.24. The summed E-state index contributed by atoms with van der Waals surface area (Å²) in [4.78, 5) is 15.4. The van der Waals surface area contributed by atoms with Crippen LogP contribution < -0.4 is 11.1 Å². The van der Waals surface area contributed by atoms with E-state index in [0.717, 1.165) is 6.26 Å². The number of nitrogens with zero attached hydrogens (tertiary/aromatic N) is 4. The normalized spacial score (nSPS) is 11.4. The van der Waals surface area contributed by atoms with Gasteiger partial charge in [-0.1, -0.05) is 6.07 Å². The van der Waals surface area contributed by atoms with Crippen LogP contribution >= 0.6 is 0 Å². The highest BCUT2D eigenvalue weighted by atomic mass is 32.2. The second-order valence-electron chi connectivity index (χ2n) is 5.38. The van der Waals surface area contributed by atoms with Crippen molar-refractivity contribution >= 4 is 32.5 Å². The molecule has 1 aromatic carbocycles. The first-order valence-corrected chi connectivity index (χ1v) is 9.21. The summed E-state index contributed by atoms with van der Waals surface area (Å²) in [6, 6.07) is 6.93. The van der Waals surface area contributed by atoms with Crippen LogP contribution in [-0.2, 0) is 16.3 Å². The third kappa shape index (κ3) is 3.36. The van der Waals surface area contributed by atoms with E-state index < -0.39 is 9.84 Å². The Morgan fingerprint density at radius 2 is 2.16 bits per heavy atom. The van der Waals surface area contributed by atoms with Crippen LogP contribution in [0.15, 0.2) is 29.4 Å². The monoisotopic (exact) mass is 357 g/mol. The van der Waals surface area contributed by atoms with Crippen molar-refractivity contribution in [1.82, 2.24) is 19.9 Å². The number of H-pyrrole nitrogens is 1. The van der Waals surface area contributed by atoms with Crippen LogP contribution in [0.1, 0.15) is 11.4 Å². The number of aromatic amines is 1. The van der Waals surface area contributed by atoms with Crippen molar-refractivity contribution < 1.29 is 8.42 Å². The van der Waals surface area contributed by atoms with E-state index in [9.17, 15) is 8.42 Å². The van der Waals surface area contributed by atoms with E-state index in [-0.39, 0.29) is 16.3 Å². The van der Waals surface area contributed by atoms with Gasteiger partial charge in [-0.05, 0) is 12.1 Å². The van der Waals surface area contributed by atoms with Gasteiger partial charge in [-0.15, -0.1) is 0 Å². The molecule has 0 radical (unpaired) electrons. The van der Waals surface area contributed by atoms with Crippen molar-refractivity contribution in [2.24, 2.45) is 0 Å². The Hall–Kier alpha value is -3.19. The first-order valence-electron chi connectivity index (χ1n) is 7.32. The minimum absolute atomic E-state index is 0.113. The lowest BCUT2D eigenvalue weighted by Crippen LogP contribution is -2.10. The van der Waals surface area contributed by atoms with E-state index in [0.29, 0.717) is 35.6 Å². The van der Waals surface area contributed by atoms with Gasteiger partial charge in [0.25, 0.3) is 0 Å². The number of sulfone groups is 1. The Morgan fingerprint density at radius 3 is 2.88 bits per heavy atom. The van der Waals surface area contributed by atoms with Gasteiger partial charge in [-0.25, -0.2) is 23.4 Å². The Labute approximate surface area is 143 Å². The van der Waals surface area contributed by atoms with Crippen LogP contribution in [0.25, 0.3) is 11.0 Å². The largest absolute Gasteiger partial charge is 0.382 e. The molecule has 0 bridgehead atoms. The molecule has 0 fully saturated rings. The van der Waals surface area contributed by atoms with E-state index in [2.05, 4.69) is 25.3 Å². The van der Waals surface area contributed by atoms with Gasteiger partial charge in [0.15, 0.2) is 9.84 Å². The average molecular weight is 357 g/mol.